The number of hydrogen-bond acceptors (Lipinski definition) is 4. The number of carbonyl (C=O) groups excluding carboxylic acids is 1. The molecule has 3 aromatic rings. The quantitative estimate of drug-likeness (QED) is 0.748. The van der Waals surface area contributed by atoms with Crippen LogP contribution in [-0.2, 0) is 0 Å². The molecule has 0 spiro atoms. The molecule has 0 aliphatic heterocycles. The summed E-state index contributed by atoms with van der Waals surface area (Å²) in [5.74, 6) is 0.849. The summed E-state index contributed by atoms with van der Waals surface area (Å²) in [6.07, 6.45) is 5.16. The molecule has 26 heavy (non-hydrogen) atoms. The Labute approximate surface area is 149 Å². The van der Waals surface area contributed by atoms with E-state index in [1.807, 2.05) is 0 Å². The van der Waals surface area contributed by atoms with E-state index in [0.717, 1.165) is 29.2 Å². The minimum absolute atomic E-state index is 0.200. The lowest BCUT2D eigenvalue weighted by atomic mass is 9.93. The van der Waals surface area contributed by atoms with E-state index in [4.69, 9.17) is 9.84 Å². The molecule has 7 nitrogen and oxygen atoms in total. The predicted octanol–water partition coefficient (Wildman–Crippen LogP) is 3.64. The van der Waals surface area contributed by atoms with Crippen molar-refractivity contribution in [1.29, 1.82) is 0 Å². The van der Waals surface area contributed by atoms with Crippen molar-refractivity contribution >= 4 is 22.9 Å². The number of benzene rings is 1. The molecule has 132 valence electrons. The number of ether oxygens (including phenoxy) is 1. The molecule has 0 bridgehead atoms. The molecule has 1 aromatic carbocycles. The monoisotopic (exact) mass is 351 g/mol. The lowest BCUT2D eigenvalue weighted by Crippen LogP contribution is -2.39. The van der Waals surface area contributed by atoms with Gasteiger partial charge in [-0.25, -0.2) is 4.79 Å². The molecule has 1 amide bonds. The first kappa shape index (κ1) is 16.1. The first-order chi connectivity index (χ1) is 12.6. The Morgan fingerprint density at radius 2 is 1.96 bits per heavy atom. The fourth-order valence-electron chi connectivity index (χ4n) is 2.90. The van der Waals surface area contributed by atoms with E-state index >= 15 is 0 Å². The molecule has 0 saturated heterocycles. The zero-order chi connectivity index (χ0) is 18.1. The molecule has 0 unspecified atom stereocenters. The molecule has 0 atom stereocenters. The van der Waals surface area contributed by atoms with Crippen LogP contribution in [0.25, 0.3) is 10.9 Å². The van der Waals surface area contributed by atoms with E-state index in [9.17, 15) is 9.59 Å². The molecule has 1 saturated carbocycles. The number of pyridine rings is 1. The SMILES string of the molecule is O=C(NC1CCC1)c1cc(Oc2ccc3c(ccn3C(=O)O)c2)ccn1. The van der Waals surface area contributed by atoms with Gasteiger partial charge >= 0.3 is 6.09 Å². The number of amides is 1. The number of rotatable bonds is 4. The average molecular weight is 351 g/mol. The van der Waals surface area contributed by atoms with Gasteiger partial charge in [0.15, 0.2) is 0 Å². The average Bonchev–Trinajstić information content (AvgIpc) is 3.01. The number of nitrogens with zero attached hydrogens (tertiary/aromatic N) is 2. The highest BCUT2D eigenvalue weighted by Crippen LogP contribution is 2.27. The molecule has 1 fully saturated rings. The third-order valence-corrected chi connectivity index (χ3v) is 4.51. The molecular weight excluding hydrogens is 334 g/mol. The second-order valence-electron chi connectivity index (χ2n) is 6.27. The Hall–Kier alpha value is -3.35. The molecule has 0 radical (unpaired) electrons. The van der Waals surface area contributed by atoms with Crippen LogP contribution in [0.2, 0.25) is 0 Å². The molecule has 1 aliphatic carbocycles. The van der Waals surface area contributed by atoms with E-state index in [2.05, 4.69) is 10.3 Å². The molecular formula is C19H17N3O4. The maximum Gasteiger partial charge on any atom is 0.415 e. The van der Waals surface area contributed by atoms with E-state index in [1.165, 1.54) is 12.4 Å². The Kier molecular flexibility index (Phi) is 4.04. The zero-order valence-electron chi connectivity index (χ0n) is 13.9. The third kappa shape index (κ3) is 3.11. The lowest BCUT2D eigenvalue weighted by Gasteiger charge is -2.26. The highest BCUT2D eigenvalue weighted by Gasteiger charge is 2.21. The molecule has 4 rings (SSSR count). The molecule has 2 heterocycles. The smallest absolute Gasteiger partial charge is 0.415 e. The maximum atomic E-state index is 12.2. The van der Waals surface area contributed by atoms with Gasteiger partial charge in [-0.2, -0.15) is 0 Å². The summed E-state index contributed by atoms with van der Waals surface area (Å²) >= 11 is 0. The minimum atomic E-state index is -1.04. The Balaban J connectivity index is 1.53. The molecule has 2 N–H and O–H groups in total. The van der Waals surface area contributed by atoms with Gasteiger partial charge in [0.2, 0.25) is 0 Å². The van der Waals surface area contributed by atoms with Crippen LogP contribution < -0.4 is 10.1 Å². The van der Waals surface area contributed by atoms with Gasteiger partial charge in [-0.05, 0) is 49.6 Å². The number of carbonyl (C=O) groups is 2. The second kappa shape index (κ2) is 6.51. The fourth-order valence-corrected chi connectivity index (χ4v) is 2.90. The number of hydrogen-bond donors (Lipinski definition) is 2. The highest BCUT2D eigenvalue weighted by atomic mass is 16.5. The van der Waals surface area contributed by atoms with Crippen molar-refractivity contribution in [3.05, 3.63) is 54.5 Å². The number of fused-ring (bicyclic) bond motifs is 1. The summed E-state index contributed by atoms with van der Waals surface area (Å²) in [6.45, 7) is 0. The summed E-state index contributed by atoms with van der Waals surface area (Å²) < 4.78 is 6.96. The summed E-state index contributed by atoms with van der Waals surface area (Å²) in [5, 5.41) is 12.8. The summed E-state index contributed by atoms with van der Waals surface area (Å²) in [6, 6.07) is 10.4. The van der Waals surface area contributed by atoms with Crippen molar-refractivity contribution in [2.45, 2.75) is 25.3 Å². The fraction of sp³-hybridized carbons (Fsp3) is 0.211. The second-order valence-corrected chi connectivity index (χ2v) is 6.27. The highest BCUT2D eigenvalue weighted by molar-refractivity contribution is 5.93. The summed E-state index contributed by atoms with van der Waals surface area (Å²) in [5.41, 5.74) is 0.896. The van der Waals surface area contributed by atoms with Gasteiger partial charge in [-0.3, -0.25) is 14.3 Å². The molecule has 7 heteroatoms. The van der Waals surface area contributed by atoms with Crippen molar-refractivity contribution in [3.63, 3.8) is 0 Å². The molecule has 1 aliphatic rings. The van der Waals surface area contributed by atoms with E-state index in [0.29, 0.717) is 22.7 Å². The van der Waals surface area contributed by atoms with Crippen LogP contribution in [0.15, 0.2) is 48.8 Å². The number of carboxylic acid groups (broad SMARTS) is 1. The van der Waals surface area contributed by atoms with Crippen molar-refractivity contribution in [2.75, 3.05) is 0 Å². The lowest BCUT2D eigenvalue weighted by molar-refractivity contribution is 0.0911. The van der Waals surface area contributed by atoms with Crippen LogP contribution in [0, 0.1) is 0 Å². The Morgan fingerprint density at radius 3 is 2.69 bits per heavy atom. The van der Waals surface area contributed by atoms with Crippen LogP contribution in [0.4, 0.5) is 4.79 Å². The van der Waals surface area contributed by atoms with Crippen LogP contribution in [0.3, 0.4) is 0 Å². The van der Waals surface area contributed by atoms with Crippen LogP contribution in [0.5, 0.6) is 11.5 Å². The van der Waals surface area contributed by atoms with Gasteiger partial charge in [0.25, 0.3) is 5.91 Å². The van der Waals surface area contributed by atoms with Crippen molar-refractivity contribution in [2.24, 2.45) is 0 Å². The van der Waals surface area contributed by atoms with Crippen LogP contribution in [-0.4, -0.2) is 32.7 Å². The van der Waals surface area contributed by atoms with Crippen molar-refractivity contribution < 1.29 is 19.4 Å². The van der Waals surface area contributed by atoms with Crippen LogP contribution >= 0.6 is 0 Å². The van der Waals surface area contributed by atoms with E-state index in [-0.39, 0.29) is 11.9 Å². The standard InChI is InChI=1S/C19H17N3O4/c23-18(21-13-2-1-3-13)16-11-15(6-8-20-16)26-14-4-5-17-12(10-14)7-9-22(17)19(24)25/h4-11,13H,1-3H2,(H,21,23)(H,24,25). The van der Waals surface area contributed by atoms with Crippen LogP contribution in [0.1, 0.15) is 29.8 Å². The first-order valence-corrected chi connectivity index (χ1v) is 8.39. The summed E-state index contributed by atoms with van der Waals surface area (Å²) in [7, 11) is 0. The number of nitrogens with one attached hydrogen (secondary N) is 1. The Bertz CT molecular complexity index is 991. The molecule has 2 aromatic heterocycles. The zero-order valence-corrected chi connectivity index (χ0v) is 13.9. The summed E-state index contributed by atoms with van der Waals surface area (Å²) in [4.78, 5) is 27.5. The maximum absolute atomic E-state index is 12.2. The van der Waals surface area contributed by atoms with Crippen molar-refractivity contribution in [1.82, 2.24) is 14.9 Å². The van der Waals surface area contributed by atoms with Gasteiger partial charge in [-0.15, -0.1) is 0 Å². The normalized spacial score (nSPS) is 14.0. The van der Waals surface area contributed by atoms with Gasteiger partial charge in [0, 0.05) is 29.9 Å². The van der Waals surface area contributed by atoms with E-state index in [1.54, 1.807) is 36.4 Å². The van der Waals surface area contributed by atoms with Gasteiger partial charge in [-0.1, -0.05) is 0 Å². The predicted molar refractivity (Wildman–Crippen MR) is 94.8 cm³/mol. The van der Waals surface area contributed by atoms with Gasteiger partial charge in [0.1, 0.15) is 17.2 Å². The third-order valence-electron chi connectivity index (χ3n) is 4.51. The number of aromatic nitrogens is 2. The van der Waals surface area contributed by atoms with Crippen molar-refractivity contribution in [3.8, 4) is 11.5 Å². The van der Waals surface area contributed by atoms with Gasteiger partial charge < -0.3 is 15.2 Å². The first-order valence-electron chi connectivity index (χ1n) is 8.39. The largest absolute Gasteiger partial charge is 0.464 e. The topological polar surface area (TPSA) is 93.5 Å². The Morgan fingerprint density at radius 1 is 1.15 bits per heavy atom. The van der Waals surface area contributed by atoms with Gasteiger partial charge in [0.05, 0.1) is 5.52 Å². The minimum Gasteiger partial charge on any atom is -0.464 e. The van der Waals surface area contributed by atoms with E-state index < -0.39 is 6.09 Å².